The van der Waals surface area contributed by atoms with Crippen LogP contribution in [0.25, 0.3) is 12.2 Å². The lowest BCUT2D eigenvalue weighted by Gasteiger charge is -1.97. The van der Waals surface area contributed by atoms with E-state index in [1.54, 1.807) is 11.8 Å². The molecule has 0 amide bonds. The zero-order valence-corrected chi connectivity index (χ0v) is 10.9. The van der Waals surface area contributed by atoms with Gasteiger partial charge in [0.25, 0.3) is 5.22 Å². The third kappa shape index (κ3) is 2.41. The van der Waals surface area contributed by atoms with Gasteiger partial charge < -0.3 is 4.42 Å². The first-order valence-corrected chi connectivity index (χ1v) is 6.71. The highest BCUT2D eigenvalue weighted by Crippen LogP contribution is 2.30. The second kappa shape index (κ2) is 4.86. The molecule has 0 unspecified atom stereocenters. The molecule has 3 rings (SSSR count). The lowest BCUT2D eigenvalue weighted by molar-refractivity contribution is 0.447. The molecule has 18 heavy (non-hydrogen) atoms. The molecule has 0 saturated heterocycles. The summed E-state index contributed by atoms with van der Waals surface area (Å²) in [5.74, 6) is 0.846. The summed E-state index contributed by atoms with van der Waals surface area (Å²) in [5, 5.41) is 0.694. The monoisotopic (exact) mass is 255 g/mol. The molecule has 0 saturated carbocycles. The van der Waals surface area contributed by atoms with Crippen LogP contribution in [0.1, 0.15) is 23.4 Å². The van der Waals surface area contributed by atoms with Crippen LogP contribution in [0.2, 0.25) is 0 Å². The van der Waals surface area contributed by atoms with Crippen molar-refractivity contribution in [2.45, 2.75) is 23.5 Å². The van der Waals surface area contributed by atoms with Crippen LogP contribution in [0.4, 0.5) is 0 Å². The van der Waals surface area contributed by atoms with Crippen LogP contribution < -0.4 is 0 Å². The number of rotatable bonds is 2. The van der Waals surface area contributed by atoms with Gasteiger partial charge in [0.2, 0.25) is 0 Å². The highest BCUT2D eigenvalue weighted by Gasteiger charge is 2.11. The van der Waals surface area contributed by atoms with Gasteiger partial charge in [-0.3, -0.25) is 0 Å². The molecule has 0 fully saturated rings. The van der Waals surface area contributed by atoms with Crippen molar-refractivity contribution < 1.29 is 4.42 Å². The smallest absolute Gasteiger partial charge is 0.261 e. The number of aromatic nitrogens is 1. The fraction of sp³-hybridized carbons (Fsp3) is 0.133. The number of allylic oxidation sites excluding steroid dienone is 2. The Kier molecular flexibility index (Phi) is 3.07. The van der Waals surface area contributed by atoms with Crippen molar-refractivity contribution in [1.29, 1.82) is 0 Å². The molecule has 0 radical (unpaired) electrons. The summed E-state index contributed by atoms with van der Waals surface area (Å²) in [6.45, 7) is 2.08. The summed E-state index contributed by atoms with van der Waals surface area (Å²) in [6.07, 6.45) is 9.10. The van der Waals surface area contributed by atoms with Gasteiger partial charge in [0.05, 0.1) is 0 Å². The molecule has 1 heterocycles. The SMILES string of the molecule is Cc1ccc(Sc2nc3c(o2)C=CCC=C3)cc1. The molecule has 1 aliphatic rings. The van der Waals surface area contributed by atoms with E-state index in [1.807, 2.05) is 12.2 Å². The predicted molar refractivity (Wildman–Crippen MR) is 74.5 cm³/mol. The zero-order chi connectivity index (χ0) is 12.4. The highest BCUT2D eigenvalue weighted by atomic mass is 32.2. The maximum atomic E-state index is 5.73. The minimum atomic E-state index is 0.694. The van der Waals surface area contributed by atoms with Crippen molar-refractivity contribution in [3.63, 3.8) is 0 Å². The van der Waals surface area contributed by atoms with Crippen LogP contribution in [0, 0.1) is 6.92 Å². The van der Waals surface area contributed by atoms with E-state index in [4.69, 9.17) is 4.42 Å². The fourth-order valence-electron chi connectivity index (χ4n) is 1.75. The molecule has 3 heteroatoms. The molecule has 2 aromatic rings. The first-order valence-electron chi connectivity index (χ1n) is 5.90. The fourth-order valence-corrected chi connectivity index (χ4v) is 2.49. The number of hydrogen-bond acceptors (Lipinski definition) is 3. The summed E-state index contributed by atoms with van der Waals surface area (Å²) >= 11 is 1.55. The van der Waals surface area contributed by atoms with Gasteiger partial charge in [-0.1, -0.05) is 29.8 Å². The van der Waals surface area contributed by atoms with Gasteiger partial charge in [0, 0.05) is 4.90 Å². The minimum Gasteiger partial charge on any atom is -0.431 e. The number of nitrogens with zero attached hydrogens (tertiary/aromatic N) is 1. The van der Waals surface area contributed by atoms with Crippen LogP contribution in [0.5, 0.6) is 0 Å². The first-order chi connectivity index (χ1) is 8.81. The van der Waals surface area contributed by atoms with Gasteiger partial charge in [0.1, 0.15) is 5.69 Å². The van der Waals surface area contributed by atoms with E-state index < -0.39 is 0 Å². The Morgan fingerprint density at radius 3 is 2.72 bits per heavy atom. The van der Waals surface area contributed by atoms with Gasteiger partial charge in [-0.2, -0.15) is 0 Å². The van der Waals surface area contributed by atoms with Crippen molar-refractivity contribution >= 4 is 23.9 Å². The van der Waals surface area contributed by atoms with Crippen LogP contribution in [0.15, 0.2) is 51.0 Å². The third-order valence-corrected chi connectivity index (χ3v) is 3.56. The van der Waals surface area contributed by atoms with Gasteiger partial charge >= 0.3 is 0 Å². The number of aryl methyl sites for hydroxylation is 1. The Morgan fingerprint density at radius 1 is 1.11 bits per heavy atom. The topological polar surface area (TPSA) is 26.0 Å². The van der Waals surface area contributed by atoms with E-state index in [9.17, 15) is 0 Å². The second-order valence-corrected chi connectivity index (χ2v) is 5.21. The Balaban J connectivity index is 1.86. The molecular formula is C15H13NOS. The molecular weight excluding hydrogens is 242 g/mol. The third-order valence-electron chi connectivity index (χ3n) is 2.70. The van der Waals surface area contributed by atoms with Crippen LogP contribution in [-0.4, -0.2) is 4.98 Å². The van der Waals surface area contributed by atoms with E-state index in [-0.39, 0.29) is 0 Å². The second-order valence-electron chi connectivity index (χ2n) is 4.18. The zero-order valence-electron chi connectivity index (χ0n) is 10.1. The minimum absolute atomic E-state index is 0.694. The number of fused-ring (bicyclic) bond motifs is 1. The first kappa shape index (κ1) is 11.4. The standard InChI is InChI=1S/C15H13NOS/c1-11-7-9-12(10-8-11)18-15-16-13-5-3-2-4-6-14(13)17-15/h3-10H,2H2,1H3. The van der Waals surface area contributed by atoms with Crippen molar-refractivity contribution in [3.05, 3.63) is 53.4 Å². The quantitative estimate of drug-likeness (QED) is 0.786. The van der Waals surface area contributed by atoms with Crippen molar-refractivity contribution in [2.24, 2.45) is 0 Å². The summed E-state index contributed by atoms with van der Waals surface area (Å²) < 4.78 is 5.73. The van der Waals surface area contributed by atoms with Crippen LogP contribution >= 0.6 is 11.8 Å². The van der Waals surface area contributed by atoms with E-state index in [0.29, 0.717) is 5.22 Å². The maximum absolute atomic E-state index is 5.73. The van der Waals surface area contributed by atoms with Crippen molar-refractivity contribution in [1.82, 2.24) is 4.98 Å². The maximum Gasteiger partial charge on any atom is 0.261 e. The average molecular weight is 255 g/mol. The number of benzene rings is 1. The molecule has 2 nitrogen and oxygen atoms in total. The Bertz CT molecular complexity index is 578. The Hall–Kier alpha value is -1.74. The Morgan fingerprint density at radius 2 is 1.89 bits per heavy atom. The van der Waals surface area contributed by atoms with Crippen molar-refractivity contribution in [3.8, 4) is 0 Å². The highest BCUT2D eigenvalue weighted by molar-refractivity contribution is 7.99. The van der Waals surface area contributed by atoms with Gasteiger partial charge in [-0.15, -0.1) is 0 Å². The van der Waals surface area contributed by atoms with Crippen LogP contribution in [-0.2, 0) is 0 Å². The van der Waals surface area contributed by atoms with E-state index >= 15 is 0 Å². The molecule has 0 atom stereocenters. The summed E-state index contributed by atoms with van der Waals surface area (Å²) in [5.41, 5.74) is 2.17. The molecule has 0 bridgehead atoms. The Labute approximate surface area is 110 Å². The molecule has 1 aromatic heterocycles. The lowest BCUT2D eigenvalue weighted by atomic mass is 10.2. The number of oxazole rings is 1. The normalized spacial score (nSPS) is 13.4. The average Bonchev–Trinajstić information content (AvgIpc) is 2.62. The van der Waals surface area contributed by atoms with Crippen molar-refractivity contribution in [2.75, 3.05) is 0 Å². The molecule has 0 spiro atoms. The summed E-state index contributed by atoms with van der Waals surface area (Å²) in [6, 6.07) is 8.36. The summed E-state index contributed by atoms with van der Waals surface area (Å²) in [4.78, 5) is 5.63. The molecule has 90 valence electrons. The largest absolute Gasteiger partial charge is 0.431 e. The van der Waals surface area contributed by atoms with E-state index in [2.05, 4.69) is 48.3 Å². The molecule has 0 aliphatic heterocycles. The van der Waals surface area contributed by atoms with Crippen LogP contribution in [0.3, 0.4) is 0 Å². The van der Waals surface area contributed by atoms with E-state index in [1.165, 1.54) is 5.56 Å². The predicted octanol–water partition coefficient (Wildman–Crippen LogP) is 4.56. The lowest BCUT2D eigenvalue weighted by Crippen LogP contribution is -1.76. The summed E-state index contributed by atoms with van der Waals surface area (Å²) in [7, 11) is 0. The van der Waals surface area contributed by atoms with Gasteiger partial charge in [-0.25, -0.2) is 4.98 Å². The van der Waals surface area contributed by atoms with Gasteiger partial charge in [-0.05, 0) is 49.4 Å². The molecule has 1 aliphatic carbocycles. The van der Waals surface area contributed by atoms with E-state index in [0.717, 1.165) is 22.8 Å². The molecule has 1 aromatic carbocycles. The van der Waals surface area contributed by atoms with Gasteiger partial charge in [0.15, 0.2) is 5.76 Å². The number of hydrogen-bond donors (Lipinski definition) is 0. The molecule has 0 N–H and O–H groups in total.